The van der Waals surface area contributed by atoms with E-state index in [0.29, 0.717) is 23.2 Å². The van der Waals surface area contributed by atoms with E-state index in [4.69, 9.17) is 4.74 Å². The largest absolute Gasteiger partial charge is 0.382 e. The first-order valence-electron chi connectivity index (χ1n) is 6.21. The first-order chi connectivity index (χ1) is 9.15. The highest BCUT2D eigenvalue weighted by molar-refractivity contribution is 5.78. The lowest BCUT2D eigenvalue weighted by molar-refractivity contribution is 0.0329. The average molecular weight is 261 g/mol. The Balaban J connectivity index is 1.84. The van der Waals surface area contributed by atoms with Gasteiger partial charge in [0.1, 0.15) is 0 Å². The summed E-state index contributed by atoms with van der Waals surface area (Å²) in [5.74, 6) is 0. The van der Waals surface area contributed by atoms with Crippen LogP contribution in [-0.4, -0.2) is 29.2 Å². The second kappa shape index (κ2) is 4.55. The summed E-state index contributed by atoms with van der Waals surface area (Å²) in [6, 6.07) is 5.89. The summed E-state index contributed by atoms with van der Waals surface area (Å²) in [5.41, 5.74) is 0.911. The summed E-state index contributed by atoms with van der Waals surface area (Å²) < 4.78 is 5.23. The summed E-state index contributed by atoms with van der Waals surface area (Å²) in [5, 5.41) is 3.37. The third kappa shape index (κ3) is 2.26. The smallest absolute Gasteiger partial charge is 0.314 e. The number of H-pyrrole nitrogens is 2. The lowest BCUT2D eigenvalue weighted by Crippen LogP contribution is -2.40. The molecule has 2 aromatic rings. The highest BCUT2D eigenvalue weighted by Gasteiger charge is 2.28. The average Bonchev–Trinajstić information content (AvgIpc) is 2.35. The quantitative estimate of drug-likeness (QED) is 0.713. The van der Waals surface area contributed by atoms with E-state index in [2.05, 4.69) is 15.3 Å². The molecule has 0 amide bonds. The molecule has 100 valence electrons. The summed E-state index contributed by atoms with van der Waals surface area (Å²) in [4.78, 5) is 27.6. The van der Waals surface area contributed by atoms with Gasteiger partial charge in [0, 0.05) is 18.8 Å². The maximum atomic E-state index is 11.3. The van der Waals surface area contributed by atoms with Crippen LogP contribution in [0.2, 0.25) is 0 Å². The van der Waals surface area contributed by atoms with Crippen LogP contribution in [0.1, 0.15) is 12.8 Å². The van der Waals surface area contributed by atoms with Crippen molar-refractivity contribution in [2.75, 3.05) is 12.4 Å². The molecule has 19 heavy (non-hydrogen) atoms. The molecule has 6 nitrogen and oxygen atoms in total. The predicted molar refractivity (Wildman–Crippen MR) is 72.6 cm³/mol. The molecule has 0 bridgehead atoms. The van der Waals surface area contributed by atoms with Crippen molar-refractivity contribution >= 4 is 16.7 Å². The van der Waals surface area contributed by atoms with Crippen LogP contribution in [0.15, 0.2) is 27.8 Å². The molecule has 0 radical (unpaired) electrons. The highest BCUT2D eigenvalue weighted by Crippen LogP contribution is 2.26. The molecular weight excluding hydrogens is 246 g/mol. The Labute approximate surface area is 108 Å². The van der Waals surface area contributed by atoms with E-state index in [0.717, 1.165) is 18.5 Å². The molecule has 0 saturated heterocycles. The van der Waals surface area contributed by atoms with Gasteiger partial charge in [-0.05, 0) is 31.0 Å². The summed E-state index contributed by atoms with van der Waals surface area (Å²) in [7, 11) is 1.72. The van der Waals surface area contributed by atoms with Crippen molar-refractivity contribution in [1.82, 2.24) is 9.97 Å². The van der Waals surface area contributed by atoms with E-state index >= 15 is 0 Å². The van der Waals surface area contributed by atoms with Gasteiger partial charge in [-0.15, -0.1) is 0 Å². The number of fused-ring (bicyclic) bond motifs is 1. The Bertz CT molecular complexity index is 713. The van der Waals surface area contributed by atoms with Gasteiger partial charge in [0.25, 0.3) is 0 Å². The maximum Gasteiger partial charge on any atom is 0.314 e. The van der Waals surface area contributed by atoms with Gasteiger partial charge in [0.2, 0.25) is 0 Å². The van der Waals surface area contributed by atoms with E-state index in [-0.39, 0.29) is 0 Å². The van der Waals surface area contributed by atoms with Crippen LogP contribution in [0, 0.1) is 0 Å². The Morgan fingerprint density at radius 1 is 1.16 bits per heavy atom. The van der Waals surface area contributed by atoms with Gasteiger partial charge >= 0.3 is 11.1 Å². The van der Waals surface area contributed by atoms with E-state index in [1.807, 2.05) is 12.1 Å². The molecule has 0 aliphatic heterocycles. The van der Waals surface area contributed by atoms with E-state index in [1.54, 1.807) is 13.2 Å². The number of benzene rings is 1. The van der Waals surface area contributed by atoms with Gasteiger partial charge in [-0.3, -0.25) is 9.59 Å². The monoisotopic (exact) mass is 261 g/mol. The minimum Gasteiger partial charge on any atom is -0.382 e. The number of nitrogens with one attached hydrogen (secondary N) is 3. The number of aromatic amines is 2. The first kappa shape index (κ1) is 12.0. The lowest BCUT2D eigenvalue weighted by Gasteiger charge is -2.35. The van der Waals surface area contributed by atoms with Crippen LogP contribution in [-0.2, 0) is 4.74 Å². The Kier molecular flexibility index (Phi) is 2.87. The van der Waals surface area contributed by atoms with Gasteiger partial charge < -0.3 is 20.0 Å². The first-order valence-corrected chi connectivity index (χ1v) is 6.21. The third-order valence-electron chi connectivity index (χ3n) is 3.52. The zero-order valence-electron chi connectivity index (χ0n) is 10.5. The van der Waals surface area contributed by atoms with Crippen LogP contribution >= 0.6 is 0 Å². The normalized spacial score (nSPS) is 22.2. The molecule has 3 N–H and O–H groups in total. The predicted octanol–water partition coefficient (Wildman–Crippen LogP) is 0.806. The van der Waals surface area contributed by atoms with Crippen molar-refractivity contribution in [3.05, 3.63) is 38.9 Å². The van der Waals surface area contributed by atoms with Crippen LogP contribution in [0.4, 0.5) is 5.69 Å². The Hall–Kier alpha value is -2.08. The van der Waals surface area contributed by atoms with Gasteiger partial charge in [0.15, 0.2) is 0 Å². The fourth-order valence-electron chi connectivity index (χ4n) is 2.32. The number of anilines is 1. The third-order valence-corrected chi connectivity index (χ3v) is 3.52. The standard InChI is InChI=1S/C13H15N3O3/c1-19-9-4-8(5-9)14-7-2-3-10-11(6-7)16-13(18)12(17)15-10/h2-3,6,8-9,14H,4-5H2,1H3,(H,15,17)(H,16,18). The van der Waals surface area contributed by atoms with Crippen LogP contribution in [0.3, 0.4) is 0 Å². The summed E-state index contributed by atoms with van der Waals surface area (Å²) in [6.45, 7) is 0. The zero-order chi connectivity index (χ0) is 13.4. The van der Waals surface area contributed by atoms with Crippen LogP contribution in [0.5, 0.6) is 0 Å². The Morgan fingerprint density at radius 2 is 1.84 bits per heavy atom. The fourth-order valence-corrected chi connectivity index (χ4v) is 2.32. The molecule has 6 heteroatoms. The topological polar surface area (TPSA) is 87.0 Å². The molecule has 1 heterocycles. The highest BCUT2D eigenvalue weighted by atomic mass is 16.5. The Morgan fingerprint density at radius 3 is 2.53 bits per heavy atom. The second-order valence-electron chi connectivity index (χ2n) is 4.84. The molecule has 1 aromatic carbocycles. The van der Waals surface area contributed by atoms with E-state index in [9.17, 15) is 9.59 Å². The van der Waals surface area contributed by atoms with E-state index in [1.165, 1.54) is 0 Å². The van der Waals surface area contributed by atoms with Crippen molar-refractivity contribution < 1.29 is 4.74 Å². The second-order valence-corrected chi connectivity index (χ2v) is 4.84. The van der Waals surface area contributed by atoms with Gasteiger partial charge in [-0.1, -0.05) is 0 Å². The van der Waals surface area contributed by atoms with E-state index < -0.39 is 11.1 Å². The molecular formula is C13H15N3O3. The molecule has 0 unspecified atom stereocenters. The molecule has 3 rings (SSSR count). The van der Waals surface area contributed by atoms with Gasteiger partial charge in [-0.25, -0.2) is 0 Å². The molecule has 1 saturated carbocycles. The van der Waals surface area contributed by atoms with Crippen molar-refractivity contribution in [2.45, 2.75) is 25.0 Å². The number of hydrogen-bond donors (Lipinski definition) is 3. The van der Waals surface area contributed by atoms with Gasteiger partial charge in [-0.2, -0.15) is 0 Å². The lowest BCUT2D eigenvalue weighted by atomic mass is 9.89. The van der Waals surface area contributed by atoms with Crippen LogP contribution in [0.25, 0.3) is 11.0 Å². The molecule has 1 aliphatic rings. The number of ether oxygens (including phenoxy) is 1. The molecule has 0 atom stereocenters. The van der Waals surface area contributed by atoms with Crippen LogP contribution < -0.4 is 16.4 Å². The van der Waals surface area contributed by atoms with Crippen molar-refractivity contribution in [2.24, 2.45) is 0 Å². The number of methoxy groups -OCH3 is 1. The summed E-state index contributed by atoms with van der Waals surface area (Å²) >= 11 is 0. The minimum atomic E-state index is -0.632. The summed E-state index contributed by atoms with van der Waals surface area (Å²) in [6.07, 6.45) is 2.31. The SMILES string of the molecule is COC1CC(Nc2ccc3[nH]c(=O)c(=O)[nH]c3c2)C1. The van der Waals surface area contributed by atoms with Gasteiger partial charge in [0.05, 0.1) is 17.1 Å². The number of hydrogen-bond acceptors (Lipinski definition) is 4. The van der Waals surface area contributed by atoms with Crippen molar-refractivity contribution in [3.63, 3.8) is 0 Å². The molecule has 1 fully saturated rings. The zero-order valence-corrected chi connectivity index (χ0v) is 10.5. The molecule has 0 spiro atoms. The number of rotatable bonds is 3. The van der Waals surface area contributed by atoms with Crippen molar-refractivity contribution in [1.29, 1.82) is 0 Å². The molecule has 1 aromatic heterocycles. The number of aromatic nitrogens is 2. The van der Waals surface area contributed by atoms with Crippen molar-refractivity contribution in [3.8, 4) is 0 Å². The molecule has 1 aliphatic carbocycles. The fraction of sp³-hybridized carbons (Fsp3) is 0.385. The minimum absolute atomic E-state index is 0.342. The maximum absolute atomic E-state index is 11.3.